The van der Waals surface area contributed by atoms with Crippen LogP contribution < -0.4 is 14.4 Å². The summed E-state index contributed by atoms with van der Waals surface area (Å²) in [5.41, 5.74) is 1.74. The van der Waals surface area contributed by atoms with Crippen LogP contribution in [0.1, 0.15) is 17.3 Å². The molecular weight excluding hydrogens is 412 g/mol. The molecule has 0 spiro atoms. The lowest BCUT2D eigenvalue weighted by Crippen LogP contribution is -2.28. The van der Waals surface area contributed by atoms with Crippen LogP contribution in [0, 0.1) is 0 Å². The van der Waals surface area contributed by atoms with E-state index in [1.165, 1.54) is 22.7 Å². The fourth-order valence-electron chi connectivity index (χ4n) is 2.47. The summed E-state index contributed by atoms with van der Waals surface area (Å²) in [6.07, 6.45) is 0. The first-order valence-electron chi connectivity index (χ1n) is 8.70. The summed E-state index contributed by atoms with van der Waals surface area (Å²) in [6, 6.07) is 13.7. The van der Waals surface area contributed by atoms with E-state index in [4.69, 9.17) is 4.74 Å². The number of methoxy groups -OCH3 is 1. The van der Waals surface area contributed by atoms with Crippen molar-refractivity contribution >= 4 is 38.1 Å². The highest BCUT2D eigenvalue weighted by molar-refractivity contribution is 7.92. The number of ether oxygens (including phenoxy) is 1. The Bertz CT molecular complexity index is 1090. The molecule has 0 aliphatic carbocycles. The Morgan fingerprint density at radius 1 is 1.10 bits per heavy atom. The minimum atomic E-state index is -3.35. The van der Waals surface area contributed by atoms with Crippen molar-refractivity contribution in [3.8, 4) is 16.3 Å². The van der Waals surface area contributed by atoms with Gasteiger partial charge < -0.3 is 4.74 Å². The number of sulfonamides is 1. The zero-order chi connectivity index (χ0) is 21.0. The van der Waals surface area contributed by atoms with Gasteiger partial charge in [0.25, 0.3) is 5.91 Å². The molecule has 10 heteroatoms. The topological polar surface area (TPSA) is 101 Å². The second-order valence-electron chi connectivity index (χ2n) is 6.01. The molecule has 8 nitrogen and oxygen atoms in total. The summed E-state index contributed by atoms with van der Waals surface area (Å²) in [5, 5.41) is 11.9. The number of aromatic nitrogens is 2. The summed E-state index contributed by atoms with van der Waals surface area (Å²) >= 11 is 1.25. The van der Waals surface area contributed by atoms with Crippen LogP contribution in [0.2, 0.25) is 0 Å². The first-order chi connectivity index (χ1) is 13.8. The van der Waals surface area contributed by atoms with E-state index in [9.17, 15) is 13.2 Å². The second kappa shape index (κ2) is 8.58. The van der Waals surface area contributed by atoms with Crippen molar-refractivity contribution in [3.63, 3.8) is 0 Å². The molecule has 0 saturated heterocycles. The Balaban J connectivity index is 1.70. The Hall–Kier alpha value is -2.98. The SMILES string of the molecule is CCS(=O)(=O)N(C)c1ccc(C(=O)Nc2nnc(-c3ccc(OC)cc3)s2)cc1. The van der Waals surface area contributed by atoms with Gasteiger partial charge >= 0.3 is 0 Å². The number of nitrogens with one attached hydrogen (secondary N) is 1. The number of nitrogens with zero attached hydrogens (tertiary/aromatic N) is 3. The molecular formula is C19H20N4O4S2. The van der Waals surface area contributed by atoms with Crippen LogP contribution in [-0.4, -0.2) is 44.4 Å². The maximum Gasteiger partial charge on any atom is 0.257 e. The van der Waals surface area contributed by atoms with E-state index in [1.54, 1.807) is 38.3 Å². The van der Waals surface area contributed by atoms with Crippen molar-refractivity contribution in [2.24, 2.45) is 0 Å². The molecule has 2 aromatic carbocycles. The first-order valence-corrected chi connectivity index (χ1v) is 11.1. The highest BCUT2D eigenvalue weighted by Gasteiger charge is 2.17. The fraction of sp³-hybridized carbons (Fsp3) is 0.211. The highest BCUT2D eigenvalue weighted by atomic mass is 32.2. The molecule has 0 aliphatic rings. The Morgan fingerprint density at radius 2 is 1.76 bits per heavy atom. The van der Waals surface area contributed by atoms with Crippen molar-refractivity contribution in [2.45, 2.75) is 6.92 Å². The summed E-state index contributed by atoms with van der Waals surface area (Å²) < 4.78 is 30.2. The lowest BCUT2D eigenvalue weighted by Gasteiger charge is -2.18. The standard InChI is InChI=1S/C19H20N4O4S2/c1-4-29(25,26)23(2)15-9-5-13(6-10-15)17(24)20-19-22-21-18(28-19)14-7-11-16(27-3)12-8-14/h5-12H,4H2,1-3H3,(H,20,22,24). The second-order valence-corrected chi connectivity index (χ2v) is 9.28. The molecule has 0 radical (unpaired) electrons. The van der Waals surface area contributed by atoms with Crippen LogP contribution in [0.5, 0.6) is 5.75 Å². The molecule has 29 heavy (non-hydrogen) atoms. The van der Waals surface area contributed by atoms with Gasteiger partial charge in [0, 0.05) is 18.2 Å². The van der Waals surface area contributed by atoms with Crippen LogP contribution in [0.15, 0.2) is 48.5 Å². The lowest BCUT2D eigenvalue weighted by molar-refractivity contribution is 0.102. The number of rotatable bonds is 7. The average molecular weight is 433 g/mol. The molecule has 0 fully saturated rings. The van der Waals surface area contributed by atoms with Crippen LogP contribution in [0.3, 0.4) is 0 Å². The molecule has 0 aliphatic heterocycles. The van der Waals surface area contributed by atoms with Crippen LogP contribution >= 0.6 is 11.3 Å². The third kappa shape index (κ3) is 4.72. The normalized spacial score (nSPS) is 11.1. The predicted molar refractivity (Wildman–Crippen MR) is 114 cm³/mol. The number of carbonyl (C=O) groups excluding carboxylic acids is 1. The molecule has 3 rings (SSSR count). The molecule has 0 saturated carbocycles. The monoisotopic (exact) mass is 432 g/mol. The number of hydrogen-bond donors (Lipinski definition) is 1. The number of anilines is 2. The van der Waals surface area contributed by atoms with E-state index < -0.39 is 10.0 Å². The van der Waals surface area contributed by atoms with Gasteiger partial charge in [-0.3, -0.25) is 14.4 Å². The van der Waals surface area contributed by atoms with E-state index in [-0.39, 0.29) is 11.7 Å². The van der Waals surface area contributed by atoms with E-state index in [0.29, 0.717) is 21.4 Å². The fourth-order valence-corrected chi connectivity index (χ4v) is 4.04. The van der Waals surface area contributed by atoms with Gasteiger partial charge in [-0.2, -0.15) is 0 Å². The predicted octanol–water partition coefficient (Wildman–Crippen LogP) is 3.25. The number of amides is 1. The van der Waals surface area contributed by atoms with E-state index >= 15 is 0 Å². The zero-order valence-corrected chi connectivity index (χ0v) is 17.8. The quantitative estimate of drug-likeness (QED) is 0.615. The van der Waals surface area contributed by atoms with Gasteiger partial charge in [0.05, 0.1) is 18.6 Å². The van der Waals surface area contributed by atoms with Gasteiger partial charge in [-0.15, -0.1) is 10.2 Å². The molecule has 3 aromatic rings. The largest absolute Gasteiger partial charge is 0.497 e. The molecule has 0 atom stereocenters. The van der Waals surface area contributed by atoms with Gasteiger partial charge in [-0.25, -0.2) is 8.42 Å². The van der Waals surface area contributed by atoms with Crippen LogP contribution in [0.25, 0.3) is 10.6 Å². The summed E-state index contributed by atoms with van der Waals surface area (Å²) in [6.45, 7) is 1.58. The molecule has 152 valence electrons. The van der Waals surface area contributed by atoms with Gasteiger partial charge in [-0.1, -0.05) is 11.3 Å². The van der Waals surface area contributed by atoms with E-state index in [1.807, 2.05) is 24.3 Å². The first kappa shape index (κ1) is 20.7. The maximum atomic E-state index is 12.5. The summed E-state index contributed by atoms with van der Waals surface area (Å²) in [4.78, 5) is 12.5. The molecule has 1 aromatic heterocycles. The Labute approximate surface area is 173 Å². The van der Waals surface area contributed by atoms with Gasteiger partial charge in [0.2, 0.25) is 15.2 Å². The lowest BCUT2D eigenvalue weighted by atomic mass is 10.2. The average Bonchev–Trinajstić information content (AvgIpc) is 3.21. The number of carbonyl (C=O) groups is 1. The van der Waals surface area contributed by atoms with E-state index in [0.717, 1.165) is 11.3 Å². The zero-order valence-electron chi connectivity index (χ0n) is 16.1. The minimum Gasteiger partial charge on any atom is -0.497 e. The summed E-state index contributed by atoms with van der Waals surface area (Å²) in [5.74, 6) is 0.391. The molecule has 1 heterocycles. The molecule has 0 bridgehead atoms. The van der Waals surface area contributed by atoms with Gasteiger partial charge in [0.15, 0.2) is 0 Å². The third-order valence-corrected chi connectivity index (χ3v) is 6.92. The minimum absolute atomic E-state index is 0.000681. The van der Waals surface area contributed by atoms with Crippen LogP contribution in [-0.2, 0) is 10.0 Å². The highest BCUT2D eigenvalue weighted by Crippen LogP contribution is 2.28. The van der Waals surface area contributed by atoms with Crippen molar-refractivity contribution < 1.29 is 17.9 Å². The Kier molecular flexibility index (Phi) is 6.14. The third-order valence-electron chi connectivity index (χ3n) is 4.26. The van der Waals surface area contributed by atoms with Crippen molar-refractivity contribution in [1.29, 1.82) is 0 Å². The van der Waals surface area contributed by atoms with Crippen molar-refractivity contribution in [2.75, 3.05) is 29.5 Å². The van der Waals surface area contributed by atoms with Gasteiger partial charge in [-0.05, 0) is 55.5 Å². The van der Waals surface area contributed by atoms with Crippen molar-refractivity contribution in [1.82, 2.24) is 10.2 Å². The molecule has 1 N–H and O–H groups in total. The Morgan fingerprint density at radius 3 is 2.34 bits per heavy atom. The number of benzene rings is 2. The molecule has 1 amide bonds. The smallest absolute Gasteiger partial charge is 0.257 e. The summed E-state index contributed by atoms with van der Waals surface area (Å²) in [7, 11) is -0.273. The number of hydrogen-bond acceptors (Lipinski definition) is 7. The van der Waals surface area contributed by atoms with E-state index in [2.05, 4.69) is 15.5 Å². The molecule has 0 unspecified atom stereocenters. The van der Waals surface area contributed by atoms with Gasteiger partial charge in [0.1, 0.15) is 10.8 Å². The van der Waals surface area contributed by atoms with Crippen molar-refractivity contribution in [3.05, 3.63) is 54.1 Å². The maximum absolute atomic E-state index is 12.5. The van der Waals surface area contributed by atoms with Crippen LogP contribution in [0.4, 0.5) is 10.8 Å².